The fourth-order valence-corrected chi connectivity index (χ4v) is 3.52. The topological polar surface area (TPSA) is 99.3 Å². The summed E-state index contributed by atoms with van der Waals surface area (Å²) >= 11 is 6.21. The number of aryl methyl sites for hydroxylation is 1. The lowest BCUT2D eigenvalue weighted by Crippen LogP contribution is -2.22. The molecule has 0 aliphatic rings. The van der Waals surface area contributed by atoms with Gasteiger partial charge in [-0.1, -0.05) is 48.9 Å². The fraction of sp³-hybridized carbons (Fsp3) is 0.222. The molecule has 0 saturated heterocycles. The zero-order valence-corrected chi connectivity index (χ0v) is 20.3. The van der Waals surface area contributed by atoms with E-state index in [-0.39, 0.29) is 24.3 Å². The van der Waals surface area contributed by atoms with E-state index in [0.717, 1.165) is 12.0 Å². The Labute approximate surface area is 210 Å². The number of carbonyl (C=O) groups excluding carboxylic acids is 3. The minimum atomic E-state index is -0.263. The van der Waals surface area contributed by atoms with Crippen LogP contribution in [0.2, 0.25) is 5.02 Å². The van der Waals surface area contributed by atoms with Crippen molar-refractivity contribution in [2.75, 3.05) is 27.8 Å². The maximum absolute atomic E-state index is 12.4. The predicted molar refractivity (Wildman–Crippen MR) is 142 cm³/mol. The Morgan fingerprint density at radius 1 is 0.714 bits per heavy atom. The molecule has 0 saturated carbocycles. The van der Waals surface area contributed by atoms with Crippen molar-refractivity contribution in [2.45, 2.75) is 32.6 Å². The van der Waals surface area contributed by atoms with Crippen molar-refractivity contribution >= 4 is 52.1 Å². The van der Waals surface area contributed by atoms with E-state index in [9.17, 15) is 14.4 Å². The number of hydrogen-bond donors (Lipinski definition) is 4. The van der Waals surface area contributed by atoms with Gasteiger partial charge in [-0.15, -0.1) is 0 Å². The van der Waals surface area contributed by atoms with Gasteiger partial charge in [0.05, 0.1) is 17.3 Å². The van der Waals surface area contributed by atoms with Crippen LogP contribution in [0.15, 0.2) is 72.8 Å². The fourth-order valence-electron chi connectivity index (χ4n) is 3.33. The third-order valence-corrected chi connectivity index (χ3v) is 5.43. The van der Waals surface area contributed by atoms with Crippen LogP contribution in [0.3, 0.4) is 0 Å². The van der Waals surface area contributed by atoms with Gasteiger partial charge in [-0.05, 0) is 60.9 Å². The molecule has 7 nitrogen and oxygen atoms in total. The molecule has 0 radical (unpaired) electrons. The largest absolute Gasteiger partial charge is 0.375 e. The zero-order chi connectivity index (χ0) is 25.0. The molecule has 3 aromatic carbocycles. The first-order valence-corrected chi connectivity index (χ1v) is 11.9. The van der Waals surface area contributed by atoms with Gasteiger partial charge in [0.25, 0.3) is 0 Å². The summed E-state index contributed by atoms with van der Waals surface area (Å²) in [4.78, 5) is 36.4. The van der Waals surface area contributed by atoms with Crippen LogP contribution in [0.4, 0.5) is 22.7 Å². The second-order valence-corrected chi connectivity index (χ2v) is 8.41. The van der Waals surface area contributed by atoms with Crippen molar-refractivity contribution in [1.82, 2.24) is 0 Å². The molecule has 0 unspecified atom stereocenters. The number of carbonyl (C=O) groups is 3. The van der Waals surface area contributed by atoms with Gasteiger partial charge >= 0.3 is 0 Å². The summed E-state index contributed by atoms with van der Waals surface area (Å²) in [5.74, 6) is -0.407. The molecule has 0 aromatic heterocycles. The van der Waals surface area contributed by atoms with Crippen LogP contribution in [0.5, 0.6) is 0 Å². The summed E-state index contributed by atoms with van der Waals surface area (Å²) in [7, 11) is 0. The van der Waals surface area contributed by atoms with Crippen molar-refractivity contribution in [1.29, 1.82) is 0 Å². The Hall–Kier alpha value is -3.84. The normalized spacial score (nSPS) is 10.3. The Morgan fingerprint density at radius 3 is 1.94 bits per heavy atom. The number of hydrogen-bond acceptors (Lipinski definition) is 4. The molecular formula is C27H29ClN4O3. The number of rotatable bonds is 11. The Bertz CT molecular complexity index is 1150. The molecule has 3 rings (SSSR count). The Balaban J connectivity index is 1.45. The predicted octanol–water partition coefficient (Wildman–Crippen LogP) is 5.70. The summed E-state index contributed by atoms with van der Waals surface area (Å²) in [6.45, 7) is 1.92. The van der Waals surface area contributed by atoms with Crippen LogP contribution in [0.1, 0.15) is 31.7 Å². The monoisotopic (exact) mass is 492 g/mol. The van der Waals surface area contributed by atoms with Crippen LogP contribution < -0.4 is 21.3 Å². The summed E-state index contributed by atoms with van der Waals surface area (Å²) in [6, 6.07) is 21.8. The van der Waals surface area contributed by atoms with Crippen molar-refractivity contribution in [3.05, 3.63) is 83.4 Å². The lowest BCUT2D eigenvalue weighted by molar-refractivity contribution is -0.117. The van der Waals surface area contributed by atoms with Crippen LogP contribution in [0.25, 0.3) is 0 Å². The van der Waals surface area contributed by atoms with Gasteiger partial charge in [0.2, 0.25) is 17.7 Å². The second kappa shape index (κ2) is 13.2. The molecule has 4 N–H and O–H groups in total. The average Bonchev–Trinajstić information content (AvgIpc) is 2.85. The lowest BCUT2D eigenvalue weighted by atomic mass is 10.1. The average molecular weight is 493 g/mol. The maximum Gasteiger partial charge on any atom is 0.243 e. The highest BCUT2D eigenvalue weighted by molar-refractivity contribution is 6.33. The first-order chi connectivity index (χ1) is 16.9. The van der Waals surface area contributed by atoms with Crippen LogP contribution in [-0.4, -0.2) is 24.3 Å². The van der Waals surface area contributed by atoms with E-state index in [1.54, 1.807) is 42.5 Å². The van der Waals surface area contributed by atoms with E-state index in [2.05, 4.69) is 21.3 Å². The molecule has 0 atom stereocenters. The first kappa shape index (κ1) is 25.8. The minimum absolute atomic E-state index is 0.00987. The van der Waals surface area contributed by atoms with Crippen molar-refractivity contribution < 1.29 is 14.4 Å². The van der Waals surface area contributed by atoms with E-state index >= 15 is 0 Å². The summed E-state index contributed by atoms with van der Waals surface area (Å²) < 4.78 is 0. The SMILES string of the molecule is CCCC(=O)Nc1ccc(Cl)c(NCC(=O)Nc2ccc(NC(=O)CCc3ccccc3)cc2)c1. The van der Waals surface area contributed by atoms with E-state index in [0.29, 0.717) is 47.0 Å². The molecule has 0 aliphatic heterocycles. The highest BCUT2D eigenvalue weighted by Crippen LogP contribution is 2.25. The molecule has 0 heterocycles. The molecule has 0 aliphatic carbocycles. The van der Waals surface area contributed by atoms with Gasteiger partial charge in [0, 0.05) is 29.9 Å². The quantitative estimate of drug-likeness (QED) is 0.276. The number of anilines is 4. The van der Waals surface area contributed by atoms with Crippen LogP contribution in [0, 0.1) is 0 Å². The Kier molecular flexibility index (Phi) is 9.69. The van der Waals surface area contributed by atoms with E-state index < -0.39 is 0 Å². The maximum atomic E-state index is 12.4. The molecule has 0 fully saturated rings. The van der Waals surface area contributed by atoms with Crippen LogP contribution in [-0.2, 0) is 20.8 Å². The van der Waals surface area contributed by atoms with Crippen molar-refractivity contribution in [3.8, 4) is 0 Å². The summed E-state index contributed by atoms with van der Waals surface area (Å²) in [5.41, 5.74) is 3.53. The number of benzene rings is 3. The molecule has 182 valence electrons. The highest BCUT2D eigenvalue weighted by Gasteiger charge is 2.08. The van der Waals surface area contributed by atoms with Gasteiger partial charge in [0.1, 0.15) is 0 Å². The molecule has 0 bridgehead atoms. The van der Waals surface area contributed by atoms with Gasteiger partial charge in [-0.3, -0.25) is 14.4 Å². The van der Waals surface area contributed by atoms with E-state index in [4.69, 9.17) is 11.6 Å². The number of nitrogens with one attached hydrogen (secondary N) is 4. The van der Waals surface area contributed by atoms with Gasteiger partial charge in [0.15, 0.2) is 0 Å². The number of halogens is 1. The third-order valence-electron chi connectivity index (χ3n) is 5.10. The van der Waals surface area contributed by atoms with Gasteiger partial charge in [-0.2, -0.15) is 0 Å². The van der Waals surface area contributed by atoms with Gasteiger partial charge in [-0.25, -0.2) is 0 Å². The molecule has 3 amide bonds. The van der Waals surface area contributed by atoms with Crippen LogP contribution >= 0.6 is 11.6 Å². The highest BCUT2D eigenvalue weighted by atomic mass is 35.5. The standard InChI is InChI=1S/C27H29ClN4O3/c1-2-6-25(33)32-22-14-15-23(28)24(17-22)29-18-27(35)31-21-12-10-20(11-13-21)30-26(34)16-9-19-7-4-3-5-8-19/h3-5,7-8,10-15,17,29H,2,6,9,16,18H2,1H3,(H,30,34)(H,31,35)(H,32,33). The second-order valence-electron chi connectivity index (χ2n) is 8.01. The third kappa shape index (κ3) is 8.79. The molecular weight excluding hydrogens is 464 g/mol. The Morgan fingerprint density at radius 2 is 1.29 bits per heavy atom. The lowest BCUT2D eigenvalue weighted by Gasteiger charge is -2.12. The zero-order valence-electron chi connectivity index (χ0n) is 19.6. The smallest absolute Gasteiger partial charge is 0.243 e. The molecule has 35 heavy (non-hydrogen) atoms. The molecule has 0 spiro atoms. The summed E-state index contributed by atoms with van der Waals surface area (Å²) in [6.07, 6.45) is 2.25. The van der Waals surface area contributed by atoms with E-state index in [1.165, 1.54) is 0 Å². The van der Waals surface area contributed by atoms with Crippen molar-refractivity contribution in [3.63, 3.8) is 0 Å². The number of amides is 3. The van der Waals surface area contributed by atoms with Crippen molar-refractivity contribution in [2.24, 2.45) is 0 Å². The van der Waals surface area contributed by atoms with E-state index in [1.807, 2.05) is 37.3 Å². The first-order valence-electron chi connectivity index (χ1n) is 11.5. The molecule has 3 aromatic rings. The van der Waals surface area contributed by atoms with Gasteiger partial charge < -0.3 is 21.3 Å². The molecule has 8 heteroatoms. The minimum Gasteiger partial charge on any atom is -0.375 e. The summed E-state index contributed by atoms with van der Waals surface area (Å²) in [5, 5.41) is 11.9.